The summed E-state index contributed by atoms with van der Waals surface area (Å²) in [6.45, 7) is 5.33. The summed E-state index contributed by atoms with van der Waals surface area (Å²) >= 11 is 0. The molecule has 180 valence electrons. The molecule has 2 aliphatic heterocycles. The number of fused-ring (bicyclic) bond motifs is 7. The molecule has 2 bridgehead atoms. The summed E-state index contributed by atoms with van der Waals surface area (Å²) in [5.41, 5.74) is 0. The van der Waals surface area contributed by atoms with Gasteiger partial charge >= 0.3 is 5.97 Å². The van der Waals surface area contributed by atoms with Crippen molar-refractivity contribution in [3.05, 3.63) is 12.2 Å². The summed E-state index contributed by atoms with van der Waals surface area (Å²) < 4.78 is 5.46. The third-order valence-corrected chi connectivity index (χ3v) is 7.91. The smallest absolute Gasteiger partial charge is 0.309 e. The molecule has 3 amide bonds. The second-order valence-electron chi connectivity index (χ2n) is 8.10. The lowest BCUT2D eigenvalue weighted by Crippen LogP contribution is -2.57. The Morgan fingerprint density at radius 3 is 2.59 bits per heavy atom. The van der Waals surface area contributed by atoms with Crippen molar-refractivity contribution >= 4 is 45.3 Å². The van der Waals surface area contributed by atoms with Crippen molar-refractivity contribution in [2.24, 2.45) is 5.92 Å². The highest BCUT2D eigenvalue weighted by Gasteiger charge is 2.33. The molecular weight excluding hydrogens is 454 g/mol. The molecule has 0 aliphatic carbocycles. The average molecular weight is 488 g/mol. The Balaban J connectivity index is 2.43. The second kappa shape index (κ2) is 13.1. The zero-order valence-corrected chi connectivity index (χ0v) is 20.3. The van der Waals surface area contributed by atoms with E-state index >= 15 is 0 Å². The molecule has 6 atom stereocenters. The van der Waals surface area contributed by atoms with Crippen LogP contribution in [0.1, 0.15) is 46.5 Å². The van der Waals surface area contributed by atoms with Crippen molar-refractivity contribution in [2.45, 2.75) is 76.8 Å². The van der Waals surface area contributed by atoms with E-state index in [0.717, 1.165) is 5.75 Å². The summed E-state index contributed by atoms with van der Waals surface area (Å²) in [6, 6.07) is -2.42. The van der Waals surface area contributed by atoms with Crippen molar-refractivity contribution in [1.82, 2.24) is 16.0 Å². The molecular formula is C21H33N3O6S2. The Morgan fingerprint density at radius 1 is 1.12 bits per heavy atom. The van der Waals surface area contributed by atoms with Crippen LogP contribution in [0.15, 0.2) is 12.2 Å². The lowest BCUT2D eigenvalue weighted by Gasteiger charge is -2.30. The van der Waals surface area contributed by atoms with Crippen LogP contribution in [0.4, 0.5) is 0 Å². The van der Waals surface area contributed by atoms with Crippen molar-refractivity contribution < 1.29 is 29.0 Å². The van der Waals surface area contributed by atoms with E-state index in [-0.39, 0.29) is 18.8 Å². The van der Waals surface area contributed by atoms with Crippen LogP contribution in [0.5, 0.6) is 0 Å². The minimum absolute atomic E-state index is 0.118. The zero-order chi connectivity index (χ0) is 23.7. The van der Waals surface area contributed by atoms with Gasteiger partial charge in [0.15, 0.2) is 0 Å². The molecule has 1 fully saturated rings. The van der Waals surface area contributed by atoms with Gasteiger partial charge < -0.3 is 25.8 Å². The van der Waals surface area contributed by atoms with Gasteiger partial charge in [-0.2, -0.15) is 0 Å². The van der Waals surface area contributed by atoms with Gasteiger partial charge in [0.1, 0.15) is 18.2 Å². The van der Waals surface area contributed by atoms with Crippen molar-refractivity contribution in [1.29, 1.82) is 0 Å². The third kappa shape index (κ3) is 8.32. The fourth-order valence-electron chi connectivity index (χ4n) is 3.37. The molecule has 9 nitrogen and oxygen atoms in total. The Morgan fingerprint density at radius 2 is 1.88 bits per heavy atom. The number of carbonyl (C=O) groups is 4. The fourth-order valence-corrected chi connectivity index (χ4v) is 5.52. The molecule has 11 heteroatoms. The summed E-state index contributed by atoms with van der Waals surface area (Å²) in [7, 11) is 3.03. The van der Waals surface area contributed by atoms with Crippen LogP contribution >= 0.6 is 21.6 Å². The molecule has 4 N–H and O–H groups in total. The molecule has 0 radical (unpaired) electrons. The summed E-state index contributed by atoms with van der Waals surface area (Å²) in [6.07, 6.45) is 2.41. The highest BCUT2D eigenvalue weighted by molar-refractivity contribution is 8.76. The van der Waals surface area contributed by atoms with E-state index in [2.05, 4.69) is 16.0 Å². The SMILES string of the molecule is CCC(C)[C@H]1NC(=O)C2CSSCC/C=C/[C@H](CC(=O)N[C@H](C)C(=O)N2)OC(=O)C[C@@H]1O. The topological polar surface area (TPSA) is 134 Å². The van der Waals surface area contributed by atoms with E-state index in [1.54, 1.807) is 16.9 Å². The van der Waals surface area contributed by atoms with Crippen LogP contribution in [-0.2, 0) is 23.9 Å². The maximum absolute atomic E-state index is 13.1. The first-order valence-electron chi connectivity index (χ1n) is 10.9. The van der Waals surface area contributed by atoms with Crippen LogP contribution < -0.4 is 16.0 Å². The number of hydrogen-bond acceptors (Lipinski definition) is 8. The Hall–Kier alpha value is -1.72. The predicted molar refractivity (Wildman–Crippen MR) is 125 cm³/mol. The van der Waals surface area contributed by atoms with E-state index in [9.17, 15) is 24.3 Å². The molecule has 0 aromatic rings. The second-order valence-corrected chi connectivity index (χ2v) is 10.7. The van der Waals surface area contributed by atoms with Gasteiger partial charge in [0.05, 0.1) is 25.0 Å². The number of allylic oxidation sites excluding steroid dienone is 1. The van der Waals surface area contributed by atoms with E-state index < -0.39 is 54.0 Å². The largest absolute Gasteiger partial charge is 0.457 e. The van der Waals surface area contributed by atoms with Crippen LogP contribution in [0.3, 0.4) is 0 Å². The van der Waals surface area contributed by atoms with Gasteiger partial charge in [-0.15, -0.1) is 0 Å². The number of nitrogens with one attached hydrogen (secondary N) is 3. The Labute approximate surface area is 196 Å². The average Bonchev–Trinajstić information content (AvgIpc) is 2.73. The van der Waals surface area contributed by atoms with E-state index in [1.165, 1.54) is 17.7 Å². The summed E-state index contributed by atoms with van der Waals surface area (Å²) in [5, 5.41) is 18.9. The van der Waals surface area contributed by atoms with Gasteiger partial charge in [0.25, 0.3) is 0 Å². The van der Waals surface area contributed by atoms with E-state index in [4.69, 9.17) is 4.74 Å². The Bertz CT molecular complexity index is 720. The number of aliphatic hydroxyl groups excluding tert-OH is 1. The first kappa shape index (κ1) is 26.5. The van der Waals surface area contributed by atoms with Gasteiger partial charge in [-0.3, -0.25) is 19.2 Å². The standard InChI is InChI=1S/C21H33N3O6S2/c1-4-12(2)19-16(25)10-18(27)30-14-7-5-6-8-31-32-11-15(21(29)24-19)23-20(28)13(3)22-17(26)9-14/h5,7,12-16,19,25H,4,6,8-11H2,1-3H3,(H,22,26)(H,23,28)(H,24,29)/b7-5+/t12?,13-,14-,15?,16+,19-/m1/s1. The number of esters is 1. The molecule has 2 unspecified atom stereocenters. The van der Waals surface area contributed by atoms with Crippen molar-refractivity contribution in [3.63, 3.8) is 0 Å². The van der Waals surface area contributed by atoms with Gasteiger partial charge in [0.2, 0.25) is 17.7 Å². The quantitative estimate of drug-likeness (QED) is 0.257. The van der Waals surface area contributed by atoms with Gasteiger partial charge in [0, 0.05) is 11.5 Å². The third-order valence-electron chi connectivity index (χ3n) is 5.47. The van der Waals surface area contributed by atoms with E-state index in [0.29, 0.717) is 18.6 Å². The molecule has 2 heterocycles. The Kier molecular flexibility index (Phi) is 10.9. The number of ether oxygens (including phenoxy) is 1. The monoisotopic (exact) mass is 487 g/mol. The van der Waals surface area contributed by atoms with Crippen molar-refractivity contribution in [3.8, 4) is 0 Å². The lowest BCUT2D eigenvalue weighted by atomic mass is 9.92. The molecule has 0 spiro atoms. The minimum Gasteiger partial charge on any atom is -0.457 e. The number of aliphatic hydroxyl groups is 1. The van der Waals surface area contributed by atoms with E-state index in [1.807, 2.05) is 19.9 Å². The maximum atomic E-state index is 13.1. The minimum atomic E-state index is -1.17. The first-order chi connectivity index (χ1) is 15.2. The highest BCUT2D eigenvalue weighted by atomic mass is 33.1. The van der Waals surface area contributed by atoms with Gasteiger partial charge in [-0.25, -0.2) is 0 Å². The number of hydrogen-bond donors (Lipinski definition) is 4. The van der Waals surface area contributed by atoms with Crippen LogP contribution in [-0.4, -0.2) is 70.6 Å². The van der Waals surface area contributed by atoms with Gasteiger partial charge in [-0.05, 0) is 25.3 Å². The first-order valence-corrected chi connectivity index (χ1v) is 13.4. The normalized spacial score (nSPS) is 33.3. The molecule has 0 aromatic carbocycles. The fraction of sp³-hybridized carbons (Fsp3) is 0.714. The highest BCUT2D eigenvalue weighted by Crippen LogP contribution is 2.24. The molecule has 1 saturated heterocycles. The zero-order valence-electron chi connectivity index (χ0n) is 18.7. The molecule has 32 heavy (non-hydrogen) atoms. The number of rotatable bonds is 2. The summed E-state index contributed by atoms with van der Waals surface area (Å²) in [4.78, 5) is 50.7. The van der Waals surface area contributed by atoms with Crippen molar-refractivity contribution in [2.75, 3.05) is 11.5 Å². The number of amides is 3. The molecule has 2 rings (SSSR count). The van der Waals surface area contributed by atoms with Crippen LogP contribution in [0, 0.1) is 5.92 Å². The molecule has 0 aromatic heterocycles. The molecule has 0 saturated carbocycles. The van der Waals surface area contributed by atoms with Crippen LogP contribution in [0.25, 0.3) is 0 Å². The van der Waals surface area contributed by atoms with Crippen LogP contribution in [0.2, 0.25) is 0 Å². The summed E-state index contributed by atoms with van der Waals surface area (Å²) in [5.74, 6) is -1.09. The lowest BCUT2D eigenvalue weighted by molar-refractivity contribution is -0.151. The predicted octanol–water partition coefficient (Wildman–Crippen LogP) is 0.915. The van der Waals surface area contributed by atoms with Gasteiger partial charge in [-0.1, -0.05) is 47.9 Å². The number of carbonyl (C=O) groups excluding carboxylic acids is 4. The maximum Gasteiger partial charge on any atom is 0.309 e. The molecule has 2 aliphatic rings.